The van der Waals surface area contributed by atoms with E-state index in [0.717, 1.165) is 12.6 Å². The number of hydrogen-bond acceptors (Lipinski definition) is 2. The zero-order valence-corrected chi connectivity index (χ0v) is 7.21. The molecule has 0 aliphatic rings. The highest BCUT2D eigenvalue weighted by Crippen LogP contribution is 1.96. The third-order valence-corrected chi connectivity index (χ3v) is 1.30. The average molecular weight is 178 g/mol. The first kappa shape index (κ1) is 9.25. The van der Waals surface area contributed by atoms with E-state index in [-0.39, 0.29) is 0 Å². The van der Waals surface area contributed by atoms with Crippen LogP contribution in [0.15, 0.2) is 36.8 Å². The standard InChI is InChI=1S/C7H6N2.C2H4O2/c1-2-5-9-6-4-8-7(9)3-1;1-2(3)4/h1-6H;1H3,(H,3,4). The van der Waals surface area contributed by atoms with Crippen molar-refractivity contribution in [3.8, 4) is 0 Å². The maximum Gasteiger partial charge on any atom is 0.300 e. The fraction of sp³-hybridized carbons (Fsp3) is 0.111. The fourth-order valence-electron chi connectivity index (χ4n) is 0.864. The predicted molar refractivity (Wildman–Crippen MR) is 48.5 cm³/mol. The van der Waals surface area contributed by atoms with Gasteiger partial charge in [0, 0.05) is 25.5 Å². The highest BCUT2D eigenvalue weighted by Gasteiger charge is 1.85. The number of hydrogen-bond donors (Lipinski definition) is 1. The molecule has 0 amide bonds. The minimum atomic E-state index is -0.833. The van der Waals surface area contributed by atoms with Gasteiger partial charge in [-0.25, -0.2) is 4.98 Å². The van der Waals surface area contributed by atoms with Crippen LogP contribution in [0.4, 0.5) is 0 Å². The first-order valence-electron chi connectivity index (χ1n) is 3.77. The quantitative estimate of drug-likeness (QED) is 0.663. The summed E-state index contributed by atoms with van der Waals surface area (Å²) in [5, 5.41) is 7.42. The molecule has 0 bridgehead atoms. The Morgan fingerprint density at radius 1 is 1.46 bits per heavy atom. The monoisotopic (exact) mass is 178 g/mol. The molecule has 2 heterocycles. The van der Waals surface area contributed by atoms with E-state index in [0.29, 0.717) is 0 Å². The second-order valence-corrected chi connectivity index (χ2v) is 2.41. The molecule has 68 valence electrons. The zero-order valence-electron chi connectivity index (χ0n) is 7.21. The van der Waals surface area contributed by atoms with E-state index in [4.69, 9.17) is 9.90 Å². The highest BCUT2D eigenvalue weighted by molar-refractivity contribution is 5.62. The van der Waals surface area contributed by atoms with Crippen LogP contribution in [-0.4, -0.2) is 20.5 Å². The normalized spacial score (nSPS) is 9.00. The summed E-state index contributed by atoms with van der Waals surface area (Å²) in [5.74, 6) is -0.833. The topological polar surface area (TPSA) is 54.6 Å². The SMILES string of the molecule is CC(=O)O.c1ccn2ccnc2c1. The van der Waals surface area contributed by atoms with Gasteiger partial charge in [-0.2, -0.15) is 0 Å². The molecule has 4 heteroatoms. The van der Waals surface area contributed by atoms with Gasteiger partial charge < -0.3 is 9.51 Å². The average Bonchev–Trinajstić information content (AvgIpc) is 2.49. The minimum absolute atomic E-state index is 0.833. The molecule has 0 saturated carbocycles. The lowest BCUT2D eigenvalue weighted by atomic mass is 10.5. The maximum absolute atomic E-state index is 9.00. The largest absolute Gasteiger partial charge is 0.481 e. The van der Waals surface area contributed by atoms with Crippen LogP contribution < -0.4 is 0 Å². The van der Waals surface area contributed by atoms with Gasteiger partial charge in [0.2, 0.25) is 0 Å². The Morgan fingerprint density at radius 3 is 2.77 bits per heavy atom. The van der Waals surface area contributed by atoms with Crippen LogP contribution in [0.3, 0.4) is 0 Å². The maximum atomic E-state index is 9.00. The lowest BCUT2D eigenvalue weighted by molar-refractivity contribution is -0.134. The van der Waals surface area contributed by atoms with Crippen molar-refractivity contribution in [3.63, 3.8) is 0 Å². The van der Waals surface area contributed by atoms with Gasteiger partial charge in [0.25, 0.3) is 5.97 Å². The molecule has 2 aromatic rings. The van der Waals surface area contributed by atoms with Gasteiger partial charge in [-0.05, 0) is 12.1 Å². The van der Waals surface area contributed by atoms with Crippen LogP contribution in [0.25, 0.3) is 5.65 Å². The molecule has 1 N–H and O–H groups in total. The number of aromatic nitrogens is 2. The molecule has 0 unspecified atom stereocenters. The van der Waals surface area contributed by atoms with Crippen LogP contribution in [0, 0.1) is 0 Å². The number of carbonyl (C=O) groups is 1. The third-order valence-electron chi connectivity index (χ3n) is 1.30. The van der Waals surface area contributed by atoms with Gasteiger partial charge in [-0.3, -0.25) is 4.79 Å². The third kappa shape index (κ3) is 2.94. The molecule has 2 aromatic heterocycles. The smallest absolute Gasteiger partial charge is 0.300 e. The van der Waals surface area contributed by atoms with Crippen molar-refractivity contribution >= 4 is 11.6 Å². The summed E-state index contributed by atoms with van der Waals surface area (Å²) in [6.45, 7) is 1.08. The summed E-state index contributed by atoms with van der Waals surface area (Å²) in [7, 11) is 0. The Morgan fingerprint density at radius 2 is 2.15 bits per heavy atom. The molecule has 0 saturated heterocycles. The molecule has 0 fully saturated rings. The van der Waals surface area contributed by atoms with E-state index in [2.05, 4.69) is 4.98 Å². The van der Waals surface area contributed by atoms with Crippen molar-refractivity contribution in [2.24, 2.45) is 0 Å². The number of aliphatic carboxylic acids is 1. The van der Waals surface area contributed by atoms with Gasteiger partial charge in [0.05, 0.1) is 0 Å². The Hall–Kier alpha value is -1.84. The number of nitrogens with zero attached hydrogens (tertiary/aromatic N) is 2. The van der Waals surface area contributed by atoms with Gasteiger partial charge in [-0.15, -0.1) is 0 Å². The highest BCUT2D eigenvalue weighted by atomic mass is 16.4. The number of carboxylic acids is 1. The van der Waals surface area contributed by atoms with Crippen LogP contribution in [0.1, 0.15) is 6.92 Å². The Labute approximate surface area is 75.5 Å². The molecule has 0 atom stereocenters. The number of fused-ring (bicyclic) bond motifs is 1. The summed E-state index contributed by atoms with van der Waals surface area (Å²) in [6.07, 6.45) is 5.69. The fourth-order valence-corrected chi connectivity index (χ4v) is 0.864. The molecule has 0 radical (unpaired) electrons. The van der Waals surface area contributed by atoms with Crippen LogP contribution >= 0.6 is 0 Å². The summed E-state index contributed by atoms with van der Waals surface area (Å²) >= 11 is 0. The molecule has 4 nitrogen and oxygen atoms in total. The van der Waals surface area contributed by atoms with E-state index in [1.807, 2.05) is 35.0 Å². The first-order chi connectivity index (χ1) is 6.20. The van der Waals surface area contributed by atoms with Gasteiger partial charge >= 0.3 is 0 Å². The Bertz CT molecular complexity index is 361. The second-order valence-electron chi connectivity index (χ2n) is 2.41. The number of pyridine rings is 1. The number of rotatable bonds is 0. The molecular formula is C9H10N2O2. The summed E-state index contributed by atoms with van der Waals surface area (Å²) < 4.78 is 1.97. The molecule has 2 rings (SSSR count). The Balaban J connectivity index is 0.000000184. The van der Waals surface area contributed by atoms with Crippen molar-refractivity contribution < 1.29 is 9.90 Å². The molecule has 13 heavy (non-hydrogen) atoms. The van der Waals surface area contributed by atoms with Crippen molar-refractivity contribution in [2.75, 3.05) is 0 Å². The van der Waals surface area contributed by atoms with E-state index in [9.17, 15) is 0 Å². The molecular weight excluding hydrogens is 168 g/mol. The molecule has 0 aliphatic carbocycles. The minimum Gasteiger partial charge on any atom is -0.481 e. The molecule has 0 spiro atoms. The van der Waals surface area contributed by atoms with Gasteiger partial charge in [-0.1, -0.05) is 6.07 Å². The first-order valence-corrected chi connectivity index (χ1v) is 3.77. The molecule has 0 aromatic carbocycles. The van der Waals surface area contributed by atoms with E-state index in [1.165, 1.54) is 0 Å². The van der Waals surface area contributed by atoms with E-state index < -0.39 is 5.97 Å². The number of imidazole rings is 1. The summed E-state index contributed by atoms with van der Waals surface area (Å²) in [5.41, 5.74) is 0.998. The summed E-state index contributed by atoms with van der Waals surface area (Å²) in [4.78, 5) is 13.1. The lowest BCUT2D eigenvalue weighted by Gasteiger charge is -1.86. The molecule has 0 aliphatic heterocycles. The van der Waals surface area contributed by atoms with Crippen molar-refractivity contribution in [1.29, 1.82) is 0 Å². The van der Waals surface area contributed by atoms with Crippen molar-refractivity contribution in [2.45, 2.75) is 6.92 Å². The second kappa shape index (κ2) is 4.25. The van der Waals surface area contributed by atoms with Crippen molar-refractivity contribution in [1.82, 2.24) is 9.38 Å². The number of carboxylic acid groups (broad SMARTS) is 1. The van der Waals surface area contributed by atoms with Gasteiger partial charge in [0.15, 0.2) is 0 Å². The lowest BCUT2D eigenvalue weighted by Crippen LogP contribution is -1.78. The van der Waals surface area contributed by atoms with Crippen LogP contribution in [0.2, 0.25) is 0 Å². The van der Waals surface area contributed by atoms with E-state index in [1.54, 1.807) is 6.20 Å². The van der Waals surface area contributed by atoms with Crippen molar-refractivity contribution in [3.05, 3.63) is 36.8 Å². The van der Waals surface area contributed by atoms with Crippen LogP contribution in [-0.2, 0) is 4.79 Å². The van der Waals surface area contributed by atoms with Gasteiger partial charge in [0.1, 0.15) is 5.65 Å². The Kier molecular flexibility index (Phi) is 3.03. The predicted octanol–water partition coefficient (Wildman–Crippen LogP) is 1.43. The summed E-state index contributed by atoms with van der Waals surface area (Å²) in [6, 6.07) is 5.93. The zero-order chi connectivity index (χ0) is 9.68. The van der Waals surface area contributed by atoms with E-state index >= 15 is 0 Å². The van der Waals surface area contributed by atoms with Crippen LogP contribution in [0.5, 0.6) is 0 Å².